The van der Waals surface area contributed by atoms with E-state index in [-0.39, 0.29) is 12.1 Å². The Morgan fingerprint density at radius 3 is 2.32 bits per heavy atom. The Hall–Kier alpha value is -1.71. The molecule has 1 aromatic carbocycles. The van der Waals surface area contributed by atoms with Crippen molar-refractivity contribution in [1.29, 1.82) is 0 Å². The molecule has 0 saturated carbocycles. The van der Waals surface area contributed by atoms with Gasteiger partial charge in [0.25, 0.3) is 0 Å². The standard InChI is InChI=1S/C15H24N2O2/c1-11(2)9-10-16-15(18)17-13-5-7-14(8-6-13)19-12(3)4/h5-8,11-12H,9-10H2,1-4H3,(H2,16,17,18). The van der Waals surface area contributed by atoms with E-state index in [9.17, 15) is 4.79 Å². The number of amides is 2. The van der Waals surface area contributed by atoms with Crippen LogP contribution in [0.5, 0.6) is 5.75 Å². The molecule has 0 aromatic heterocycles. The number of carbonyl (C=O) groups is 1. The first kappa shape index (κ1) is 15.3. The molecule has 1 aromatic rings. The van der Waals surface area contributed by atoms with Crippen LogP contribution in [0, 0.1) is 5.92 Å². The highest BCUT2D eigenvalue weighted by Crippen LogP contribution is 2.16. The van der Waals surface area contributed by atoms with Gasteiger partial charge in [0, 0.05) is 12.2 Å². The number of carbonyl (C=O) groups excluding carboxylic acids is 1. The van der Waals surface area contributed by atoms with Gasteiger partial charge in [0.2, 0.25) is 0 Å². The van der Waals surface area contributed by atoms with Crippen molar-refractivity contribution in [3.63, 3.8) is 0 Å². The highest BCUT2D eigenvalue weighted by atomic mass is 16.5. The molecule has 0 heterocycles. The summed E-state index contributed by atoms with van der Waals surface area (Å²) >= 11 is 0. The van der Waals surface area contributed by atoms with E-state index in [4.69, 9.17) is 4.74 Å². The minimum atomic E-state index is -0.168. The summed E-state index contributed by atoms with van der Waals surface area (Å²) in [5.41, 5.74) is 0.762. The van der Waals surface area contributed by atoms with Gasteiger partial charge in [0.05, 0.1) is 6.10 Å². The molecule has 2 N–H and O–H groups in total. The molecule has 0 bridgehead atoms. The van der Waals surface area contributed by atoms with E-state index in [2.05, 4.69) is 24.5 Å². The molecule has 0 fully saturated rings. The quantitative estimate of drug-likeness (QED) is 0.824. The molecule has 1 rings (SSSR count). The average molecular weight is 264 g/mol. The maximum Gasteiger partial charge on any atom is 0.319 e. The number of ether oxygens (including phenoxy) is 1. The molecule has 2 amide bonds. The Labute approximate surface area is 115 Å². The van der Waals surface area contributed by atoms with E-state index in [1.165, 1.54) is 0 Å². The second-order valence-electron chi connectivity index (χ2n) is 5.25. The van der Waals surface area contributed by atoms with Gasteiger partial charge < -0.3 is 15.4 Å². The third-order valence-electron chi connectivity index (χ3n) is 2.49. The van der Waals surface area contributed by atoms with Crippen molar-refractivity contribution in [2.45, 2.75) is 40.2 Å². The van der Waals surface area contributed by atoms with Gasteiger partial charge in [-0.15, -0.1) is 0 Å². The van der Waals surface area contributed by atoms with Crippen molar-refractivity contribution in [2.24, 2.45) is 5.92 Å². The largest absolute Gasteiger partial charge is 0.491 e. The fourth-order valence-electron chi connectivity index (χ4n) is 1.54. The minimum absolute atomic E-state index is 0.151. The number of benzene rings is 1. The summed E-state index contributed by atoms with van der Waals surface area (Å²) in [5.74, 6) is 1.40. The predicted octanol–water partition coefficient (Wildman–Crippen LogP) is 3.64. The zero-order chi connectivity index (χ0) is 14.3. The van der Waals surface area contributed by atoms with Crippen LogP contribution in [-0.2, 0) is 0 Å². The minimum Gasteiger partial charge on any atom is -0.491 e. The Kier molecular flexibility index (Phi) is 6.19. The molecule has 0 spiro atoms. The van der Waals surface area contributed by atoms with Crippen molar-refractivity contribution in [3.05, 3.63) is 24.3 Å². The zero-order valence-electron chi connectivity index (χ0n) is 12.2. The van der Waals surface area contributed by atoms with Gasteiger partial charge in [0.1, 0.15) is 5.75 Å². The predicted molar refractivity (Wildman–Crippen MR) is 78.7 cm³/mol. The fraction of sp³-hybridized carbons (Fsp3) is 0.533. The zero-order valence-corrected chi connectivity index (χ0v) is 12.2. The smallest absolute Gasteiger partial charge is 0.319 e. The first-order valence-electron chi connectivity index (χ1n) is 6.79. The molecular formula is C15H24N2O2. The van der Waals surface area contributed by atoms with Crippen molar-refractivity contribution >= 4 is 11.7 Å². The Morgan fingerprint density at radius 1 is 1.16 bits per heavy atom. The van der Waals surface area contributed by atoms with Gasteiger partial charge in [-0.2, -0.15) is 0 Å². The molecule has 0 aliphatic heterocycles. The molecule has 0 unspecified atom stereocenters. The fourth-order valence-corrected chi connectivity index (χ4v) is 1.54. The van der Waals surface area contributed by atoms with E-state index in [1.54, 1.807) is 0 Å². The average Bonchev–Trinajstić information content (AvgIpc) is 2.30. The van der Waals surface area contributed by atoms with Crippen molar-refractivity contribution in [2.75, 3.05) is 11.9 Å². The van der Waals surface area contributed by atoms with E-state index in [0.29, 0.717) is 12.5 Å². The SMILES string of the molecule is CC(C)CCNC(=O)Nc1ccc(OC(C)C)cc1. The van der Waals surface area contributed by atoms with Crippen LogP contribution in [0.15, 0.2) is 24.3 Å². The summed E-state index contributed by atoms with van der Waals surface area (Å²) in [5, 5.41) is 5.62. The Bertz CT molecular complexity index is 386. The van der Waals surface area contributed by atoms with Gasteiger partial charge in [0.15, 0.2) is 0 Å². The topological polar surface area (TPSA) is 50.4 Å². The molecule has 0 atom stereocenters. The maximum absolute atomic E-state index is 11.6. The van der Waals surface area contributed by atoms with Crippen molar-refractivity contribution in [1.82, 2.24) is 5.32 Å². The Balaban J connectivity index is 2.38. The van der Waals surface area contributed by atoms with Gasteiger partial charge in [-0.25, -0.2) is 4.79 Å². The van der Waals surface area contributed by atoms with Crippen LogP contribution in [0.3, 0.4) is 0 Å². The molecule has 4 nitrogen and oxygen atoms in total. The van der Waals surface area contributed by atoms with Gasteiger partial charge in [-0.1, -0.05) is 13.8 Å². The van der Waals surface area contributed by atoms with Crippen LogP contribution in [0.1, 0.15) is 34.1 Å². The lowest BCUT2D eigenvalue weighted by Crippen LogP contribution is -2.30. The summed E-state index contributed by atoms with van der Waals surface area (Å²) in [6.45, 7) is 8.92. The maximum atomic E-state index is 11.6. The monoisotopic (exact) mass is 264 g/mol. The van der Waals surface area contributed by atoms with Crippen LogP contribution >= 0.6 is 0 Å². The van der Waals surface area contributed by atoms with Gasteiger partial charge in [-0.3, -0.25) is 0 Å². The third-order valence-corrected chi connectivity index (χ3v) is 2.49. The number of nitrogens with one attached hydrogen (secondary N) is 2. The summed E-state index contributed by atoms with van der Waals surface area (Å²) in [7, 11) is 0. The highest BCUT2D eigenvalue weighted by molar-refractivity contribution is 5.89. The summed E-state index contributed by atoms with van der Waals surface area (Å²) in [6.07, 6.45) is 1.13. The number of urea groups is 1. The Morgan fingerprint density at radius 2 is 1.79 bits per heavy atom. The van der Waals surface area contributed by atoms with Crippen LogP contribution in [0.4, 0.5) is 10.5 Å². The lowest BCUT2D eigenvalue weighted by molar-refractivity contribution is 0.242. The molecule has 19 heavy (non-hydrogen) atoms. The number of anilines is 1. The number of hydrogen-bond donors (Lipinski definition) is 2. The number of rotatable bonds is 6. The van der Waals surface area contributed by atoms with E-state index in [0.717, 1.165) is 17.9 Å². The lowest BCUT2D eigenvalue weighted by atomic mass is 10.1. The van der Waals surface area contributed by atoms with Crippen LogP contribution < -0.4 is 15.4 Å². The normalized spacial score (nSPS) is 10.6. The van der Waals surface area contributed by atoms with Gasteiger partial charge >= 0.3 is 6.03 Å². The summed E-state index contributed by atoms with van der Waals surface area (Å²) < 4.78 is 5.54. The highest BCUT2D eigenvalue weighted by Gasteiger charge is 2.03. The van der Waals surface area contributed by atoms with E-state index >= 15 is 0 Å². The van der Waals surface area contributed by atoms with Crippen LogP contribution in [0.25, 0.3) is 0 Å². The van der Waals surface area contributed by atoms with Crippen molar-refractivity contribution in [3.8, 4) is 5.75 Å². The molecule has 106 valence electrons. The molecule has 0 aliphatic rings. The molecule has 0 radical (unpaired) electrons. The number of hydrogen-bond acceptors (Lipinski definition) is 2. The van der Waals surface area contributed by atoms with Crippen LogP contribution in [0.2, 0.25) is 0 Å². The first-order chi connectivity index (χ1) is 8.97. The molecular weight excluding hydrogens is 240 g/mol. The molecule has 0 aliphatic carbocycles. The molecule has 0 saturated heterocycles. The van der Waals surface area contributed by atoms with E-state index < -0.39 is 0 Å². The first-order valence-corrected chi connectivity index (χ1v) is 6.79. The van der Waals surface area contributed by atoms with Crippen molar-refractivity contribution < 1.29 is 9.53 Å². The summed E-state index contributed by atoms with van der Waals surface area (Å²) in [4.78, 5) is 11.6. The summed E-state index contributed by atoms with van der Waals surface area (Å²) in [6, 6.07) is 7.20. The van der Waals surface area contributed by atoms with E-state index in [1.807, 2.05) is 38.1 Å². The second-order valence-corrected chi connectivity index (χ2v) is 5.25. The third kappa shape index (κ3) is 6.70. The van der Waals surface area contributed by atoms with Crippen LogP contribution in [-0.4, -0.2) is 18.7 Å². The van der Waals surface area contributed by atoms with Gasteiger partial charge in [-0.05, 0) is 50.5 Å². The second kappa shape index (κ2) is 7.67. The lowest BCUT2D eigenvalue weighted by Gasteiger charge is -2.11. The molecule has 4 heteroatoms.